The summed E-state index contributed by atoms with van der Waals surface area (Å²) in [7, 11) is 1.90. The van der Waals surface area contributed by atoms with Crippen molar-refractivity contribution < 1.29 is 9.53 Å². The maximum atomic E-state index is 13.4. The number of benzene rings is 2. The number of amides is 1. The van der Waals surface area contributed by atoms with Crippen LogP contribution in [0.15, 0.2) is 65.5 Å². The van der Waals surface area contributed by atoms with Crippen molar-refractivity contribution in [2.24, 2.45) is 13.0 Å². The minimum atomic E-state index is -0.138. The summed E-state index contributed by atoms with van der Waals surface area (Å²) < 4.78 is 9.89. The summed E-state index contributed by atoms with van der Waals surface area (Å²) in [5.74, 6) is 0.455. The first-order chi connectivity index (χ1) is 16.8. The summed E-state index contributed by atoms with van der Waals surface area (Å²) in [6.45, 7) is 9.22. The van der Waals surface area contributed by atoms with Crippen molar-refractivity contribution in [3.05, 3.63) is 87.8 Å². The van der Waals surface area contributed by atoms with E-state index in [2.05, 4.69) is 18.7 Å². The van der Waals surface area contributed by atoms with E-state index in [4.69, 9.17) is 4.74 Å². The SMILES string of the molecule is Cc1c(CN2CC(=O)N(CC(C)C)CC(OCc3ccccc3)C2)c(=O)n(-c2ccccc2)n1C. The Morgan fingerprint density at radius 1 is 0.971 bits per heavy atom. The Morgan fingerprint density at radius 3 is 2.29 bits per heavy atom. The number of rotatable bonds is 8. The lowest BCUT2D eigenvalue weighted by Gasteiger charge is -2.26. The van der Waals surface area contributed by atoms with Gasteiger partial charge in [-0.3, -0.25) is 19.2 Å². The summed E-state index contributed by atoms with van der Waals surface area (Å²) >= 11 is 0. The lowest BCUT2D eigenvalue weighted by Crippen LogP contribution is -2.40. The highest BCUT2D eigenvalue weighted by atomic mass is 16.5. The van der Waals surface area contributed by atoms with Crippen molar-refractivity contribution in [1.29, 1.82) is 0 Å². The van der Waals surface area contributed by atoms with Crippen molar-refractivity contribution in [2.45, 2.75) is 40.0 Å². The van der Waals surface area contributed by atoms with Crippen LogP contribution in [0.3, 0.4) is 0 Å². The highest BCUT2D eigenvalue weighted by molar-refractivity contribution is 5.78. The summed E-state index contributed by atoms with van der Waals surface area (Å²) in [4.78, 5) is 30.6. The third-order valence-electron chi connectivity index (χ3n) is 6.57. The molecule has 1 atom stereocenters. The highest BCUT2D eigenvalue weighted by Gasteiger charge is 2.30. The smallest absolute Gasteiger partial charge is 0.276 e. The van der Waals surface area contributed by atoms with E-state index >= 15 is 0 Å². The Kier molecular flexibility index (Phi) is 7.88. The molecule has 186 valence electrons. The minimum absolute atomic E-state index is 0.0475. The fourth-order valence-corrected chi connectivity index (χ4v) is 4.71. The number of para-hydroxylation sites is 1. The zero-order valence-electron chi connectivity index (χ0n) is 21.2. The van der Waals surface area contributed by atoms with Crippen molar-refractivity contribution >= 4 is 5.91 Å². The molecule has 3 aromatic rings. The molecular formula is C28H36N4O3. The second kappa shape index (κ2) is 11.1. The molecule has 7 nitrogen and oxygen atoms in total. The van der Waals surface area contributed by atoms with Crippen LogP contribution < -0.4 is 5.56 Å². The number of ether oxygens (including phenoxy) is 1. The van der Waals surface area contributed by atoms with Crippen molar-refractivity contribution in [3.63, 3.8) is 0 Å². The monoisotopic (exact) mass is 476 g/mol. The Hall–Kier alpha value is -3.16. The van der Waals surface area contributed by atoms with Gasteiger partial charge in [0.15, 0.2) is 0 Å². The zero-order chi connectivity index (χ0) is 24.9. The zero-order valence-corrected chi connectivity index (χ0v) is 21.2. The number of hydrogen-bond donors (Lipinski definition) is 0. The van der Waals surface area contributed by atoms with Crippen LogP contribution in [-0.2, 0) is 29.7 Å². The first kappa shape index (κ1) is 24.9. The summed E-state index contributed by atoms with van der Waals surface area (Å²) in [6.07, 6.45) is -0.138. The lowest BCUT2D eigenvalue weighted by atomic mass is 10.2. The van der Waals surface area contributed by atoms with Gasteiger partial charge < -0.3 is 9.64 Å². The van der Waals surface area contributed by atoms with E-state index in [1.54, 1.807) is 4.68 Å². The average Bonchev–Trinajstić information content (AvgIpc) is 2.96. The van der Waals surface area contributed by atoms with E-state index in [0.29, 0.717) is 44.3 Å². The first-order valence-electron chi connectivity index (χ1n) is 12.3. The van der Waals surface area contributed by atoms with Crippen LogP contribution in [0.4, 0.5) is 0 Å². The molecular weight excluding hydrogens is 440 g/mol. The predicted molar refractivity (Wildman–Crippen MR) is 137 cm³/mol. The van der Waals surface area contributed by atoms with Gasteiger partial charge in [-0.25, -0.2) is 4.68 Å². The second-order valence-electron chi connectivity index (χ2n) is 9.82. The molecule has 2 heterocycles. The molecule has 1 aromatic heterocycles. The fraction of sp³-hybridized carbons (Fsp3) is 0.429. The number of aromatic nitrogens is 2. The fourth-order valence-electron chi connectivity index (χ4n) is 4.71. The normalized spacial score (nSPS) is 17.2. The quantitative estimate of drug-likeness (QED) is 0.500. The van der Waals surface area contributed by atoms with Crippen LogP contribution in [0.1, 0.15) is 30.7 Å². The van der Waals surface area contributed by atoms with Crippen molar-refractivity contribution in [2.75, 3.05) is 26.2 Å². The number of carbonyl (C=O) groups excluding carboxylic acids is 1. The summed E-state index contributed by atoms with van der Waals surface area (Å²) in [5.41, 5.74) is 3.50. The standard InChI is InChI=1S/C28H36N4O3/c1-21(2)15-31-17-25(35-20-23-11-7-5-8-12-23)16-30(19-27(31)33)18-26-22(3)29(4)32(28(26)34)24-13-9-6-10-14-24/h5-14,21,25H,15-20H2,1-4H3. The number of carbonyl (C=O) groups is 1. The van der Waals surface area contributed by atoms with E-state index in [0.717, 1.165) is 16.9 Å². The van der Waals surface area contributed by atoms with Gasteiger partial charge in [0.1, 0.15) is 0 Å². The average molecular weight is 477 g/mol. The molecule has 0 bridgehead atoms. The number of hydrogen-bond acceptors (Lipinski definition) is 4. The van der Waals surface area contributed by atoms with E-state index in [-0.39, 0.29) is 24.1 Å². The highest BCUT2D eigenvalue weighted by Crippen LogP contribution is 2.17. The Bertz CT molecular complexity index is 1180. The van der Waals surface area contributed by atoms with Crippen LogP contribution in [0.2, 0.25) is 0 Å². The molecule has 1 fully saturated rings. The van der Waals surface area contributed by atoms with E-state index in [1.807, 2.05) is 84.2 Å². The maximum absolute atomic E-state index is 13.4. The van der Waals surface area contributed by atoms with Gasteiger partial charge in [0, 0.05) is 38.9 Å². The van der Waals surface area contributed by atoms with Gasteiger partial charge in [-0.1, -0.05) is 62.4 Å². The molecule has 1 aliphatic heterocycles. The van der Waals surface area contributed by atoms with Crippen LogP contribution in [-0.4, -0.2) is 57.4 Å². The molecule has 1 saturated heterocycles. The summed E-state index contributed by atoms with van der Waals surface area (Å²) in [6, 6.07) is 19.7. The third kappa shape index (κ3) is 5.92. The number of nitrogens with zero attached hydrogens (tertiary/aromatic N) is 4. The topological polar surface area (TPSA) is 59.7 Å². The van der Waals surface area contributed by atoms with Gasteiger partial charge in [-0.2, -0.15) is 0 Å². The molecule has 0 aliphatic carbocycles. The maximum Gasteiger partial charge on any atom is 0.276 e. The van der Waals surface area contributed by atoms with Gasteiger partial charge in [0.25, 0.3) is 5.56 Å². The van der Waals surface area contributed by atoms with Gasteiger partial charge in [-0.15, -0.1) is 0 Å². The molecule has 2 aromatic carbocycles. The lowest BCUT2D eigenvalue weighted by molar-refractivity contribution is -0.132. The first-order valence-corrected chi connectivity index (χ1v) is 12.3. The largest absolute Gasteiger partial charge is 0.370 e. The van der Waals surface area contributed by atoms with Gasteiger partial charge in [-0.05, 0) is 30.5 Å². The Labute approximate surface area is 207 Å². The molecule has 1 unspecified atom stereocenters. The molecule has 0 saturated carbocycles. The Morgan fingerprint density at radius 2 is 1.63 bits per heavy atom. The third-order valence-corrected chi connectivity index (χ3v) is 6.57. The van der Waals surface area contributed by atoms with Crippen LogP contribution in [0, 0.1) is 12.8 Å². The predicted octanol–water partition coefficient (Wildman–Crippen LogP) is 3.37. The van der Waals surface area contributed by atoms with Crippen LogP contribution in [0.25, 0.3) is 5.69 Å². The van der Waals surface area contributed by atoms with E-state index in [1.165, 1.54) is 0 Å². The summed E-state index contributed by atoms with van der Waals surface area (Å²) in [5, 5.41) is 0. The minimum Gasteiger partial charge on any atom is -0.370 e. The molecule has 0 spiro atoms. The molecule has 1 aliphatic rings. The molecule has 0 N–H and O–H groups in total. The van der Waals surface area contributed by atoms with Crippen molar-refractivity contribution in [1.82, 2.24) is 19.2 Å². The molecule has 35 heavy (non-hydrogen) atoms. The van der Waals surface area contributed by atoms with Crippen LogP contribution >= 0.6 is 0 Å². The molecule has 4 rings (SSSR count). The Balaban J connectivity index is 1.57. The molecule has 0 radical (unpaired) electrons. The van der Waals surface area contributed by atoms with E-state index < -0.39 is 0 Å². The van der Waals surface area contributed by atoms with E-state index in [9.17, 15) is 9.59 Å². The molecule has 7 heteroatoms. The van der Waals surface area contributed by atoms with Gasteiger partial charge in [0.05, 0.1) is 30.5 Å². The molecule has 1 amide bonds. The van der Waals surface area contributed by atoms with Gasteiger partial charge >= 0.3 is 0 Å². The van der Waals surface area contributed by atoms with Crippen LogP contribution in [0.5, 0.6) is 0 Å². The van der Waals surface area contributed by atoms with Crippen molar-refractivity contribution in [3.8, 4) is 5.69 Å². The second-order valence-corrected chi connectivity index (χ2v) is 9.82. The van der Waals surface area contributed by atoms with Gasteiger partial charge in [0.2, 0.25) is 5.91 Å².